The molecular formula is C11H7NOS. The molecule has 0 atom stereocenters. The van der Waals surface area contributed by atoms with Crippen molar-refractivity contribution < 1.29 is 4.74 Å². The lowest BCUT2D eigenvalue weighted by Crippen LogP contribution is -2.10. The monoisotopic (exact) mass is 201 g/mol. The third-order valence-corrected chi connectivity index (χ3v) is 2.83. The number of allylic oxidation sites excluding steroid dienone is 2. The van der Waals surface area contributed by atoms with E-state index >= 15 is 0 Å². The number of para-hydroxylation sites is 2. The highest BCUT2D eigenvalue weighted by atomic mass is 32.2. The summed E-state index contributed by atoms with van der Waals surface area (Å²) < 4.78 is 5.69. The summed E-state index contributed by atoms with van der Waals surface area (Å²) in [5.41, 5.74) is 0.905. The normalized spacial score (nSPS) is 17.4. The minimum Gasteiger partial charge on any atom is -0.452 e. The fourth-order valence-electron chi connectivity index (χ4n) is 1.38. The number of nitrogens with zero attached hydrogens (tertiary/aromatic N) is 1. The molecule has 14 heavy (non-hydrogen) atoms. The Kier molecular flexibility index (Phi) is 1.70. The second-order valence-corrected chi connectivity index (χ2v) is 3.86. The third kappa shape index (κ3) is 1.17. The first-order valence-electron chi connectivity index (χ1n) is 4.33. The second-order valence-electron chi connectivity index (χ2n) is 2.96. The Labute approximate surface area is 86.0 Å². The molecule has 0 unspecified atom stereocenters. The average molecular weight is 201 g/mol. The van der Waals surface area contributed by atoms with Gasteiger partial charge in [0.2, 0.25) is 0 Å². The number of hydrogen-bond acceptors (Lipinski definition) is 3. The molecule has 0 N–H and O–H groups in total. The van der Waals surface area contributed by atoms with Crippen LogP contribution in [0.4, 0.5) is 5.69 Å². The SMILES string of the molecule is C1=CSC2=Nc3ccccc3OC2=C1. The van der Waals surface area contributed by atoms with Gasteiger partial charge in [-0.15, -0.1) is 0 Å². The minimum absolute atomic E-state index is 0.832. The number of thioether (sulfide) groups is 1. The van der Waals surface area contributed by atoms with Crippen LogP contribution in [-0.4, -0.2) is 5.04 Å². The highest BCUT2D eigenvalue weighted by Gasteiger charge is 2.19. The van der Waals surface area contributed by atoms with E-state index in [-0.39, 0.29) is 0 Å². The maximum atomic E-state index is 5.69. The highest BCUT2D eigenvalue weighted by molar-refractivity contribution is 8.17. The van der Waals surface area contributed by atoms with Gasteiger partial charge in [-0.3, -0.25) is 0 Å². The zero-order valence-corrected chi connectivity index (χ0v) is 8.12. The van der Waals surface area contributed by atoms with Crippen molar-refractivity contribution in [1.82, 2.24) is 0 Å². The van der Waals surface area contributed by atoms with Crippen LogP contribution in [-0.2, 0) is 0 Å². The number of rotatable bonds is 0. The van der Waals surface area contributed by atoms with E-state index in [1.807, 2.05) is 41.8 Å². The van der Waals surface area contributed by atoms with Gasteiger partial charge in [-0.05, 0) is 23.6 Å². The molecule has 0 radical (unpaired) electrons. The molecular weight excluding hydrogens is 194 g/mol. The molecule has 0 aromatic heterocycles. The molecule has 2 aliphatic heterocycles. The molecule has 1 aromatic rings. The molecule has 0 amide bonds. The van der Waals surface area contributed by atoms with Gasteiger partial charge in [0.15, 0.2) is 11.5 Å². The second kappa shape index (κ2) is 3.03. The van der Waals surface area contributed by atoms with Crippen LogP contribution < -0.4 is 4.74 Å². The fourth-order valence-corrected chi connectivity index (χ4v) is 2.05. The lowest BCUT2D eigenvalue weighted by atomic mass is 10.2. The van der Waals surface area contributed by atoms with Gasteiger partial charge in [-0.1, -0.05) is 30.0 Å². The molecule has 0 fully saturated rings. The summed E-state index contributed by atoms with van der Waals surface area (Å²) in [6, 6.07) is 7.80. The van der Waals surface area contributed by atoms with Gasteiger partial charge in [0, 0.05) is 0 Å². The van der Waals surface area contributed by atoms with E-state index in [1.54, 1.807) is 11.8 Å². The van der Waals surface area contributed by atoms with Crippen molar-refractivity contribution in [2.24, 2.45) is 4.99 Å². The standard InChI is InChI=1S/C11H7NOS/c1-2-5-9-8(4-1)12-11-10(13-9)6-3-7-14-11/h1-7H. The molecule has 2 aliphatic rings. The Morgan fingerprint density at radius 1 is 1.21 bits per heavy atom. The first kappa shape index (κ1) is 7.88. The smallest absolute Gasteiger partial charge is 0.160 e. The van der Waals surface area contributed by atoms with Crippen LogP contribution in [0, 0.1) is 0 Å². The van der Waals surface area contributed by atoms with Crippen molar-refractivity contribution in [2.45, 2.75) is 0 Å². The van der Waals surface area contributed by atoms with E-state index in [1.165, 1.54) is 0 Å². The molecule has 3 rings (SSSR count). The van der Waals surface area contributed by atoms with Crippen LogP contribution in [0.15, 0.2) is 52.6 Å². The summed E-state index contributed by atoms with van der Waals surface area (Å²) in [6.45, 7) is 0. The summed E-state index contributed by atoms with van der Waals surface area (Å²) in [6.07, 6.45) is 3.90. The van der Waals surface area contributed by atoms with Crippen LogP contribution >= 0.6 is 11.8 Å². The maximum Gasteiger partial charge on any atom is 0.160 e. The Hall–Kier alpha value is -1.48. The van der Waals surface area contributed by atoms with Crippen LogP contribution in [0.25, 0.3) is 0 Å². The Morgan fingerprint density at radius 3 is 3.14 bits per heavy atom. The highest BCUT2D eigenvalue weighted by Crippen LogP contribution is 2.36. The molecule has 2 heterocycles. The quantitative estimate of drug-likeness (QED) is 0.642. The van der Waals surface area contributed by atoms with Gasteiger partial charge in [-0.2, -0.15) is 0 Å². The van der Waals surface area contributed by atoms with Gasteiger partial charge in [-0.25, -0.2) is 4.99 Å². The molecule has 3 heteroatoms. The molecule has 68 valence electrons. The summed E-state index contributed by atoms with van der Waals surface area (Å²) in [5.74, 6) is 1.68. The first-order chi connectivity index (χ1) is 6.93. The summed E-state index contributed by atoms with van der Waals surface area (Å²) >= 11 is 1.59. The Bertz CT molecular complexity index is 474. The van der Waals surface area contributed by atoms with Gasteiger partial charge in [0.25, 0.3) is 0 Å². The van der Waals surface area contributed by atoms with E-state index < -0.39 is 0 Å². The predicted molar refractivity (Wildman–Crippen MR) is 59.0 cm³/mol. The molecule has 2 nitrogen and oxygen atoms in total. The van der Waals surface area contributed by atoms with Crippen LogP contribution in [0.2, 0.25) is 0 Å². The van der Waals surface area contributed by atoms with E-state index in [0.717, 1.165) is 22.2 Å². The Morgan fingerprint density at radius 2 is 2.14 bits per heavy atom. The zero-order valence-electron chi connectivity index (χ0n) is 7.31. The fraction of sp³-hybridized carbons (Fsp3) is 0. The van der Waals surface area contributed by atoms with Gasteiger partial charge >= 0.3 is 0 Å². The van der Waals surface area contributed by atoms with E-state index in [0.29, 0.717) is 0 Å². The van der Waals surface area contributed by atoms with Crippen molar-refractivity contribution in [3.05, 3.63) is 47.6 Å². The third-order valence-electron chi connectivity index (χ3n) is 2.02. The molecule has 0 saturated carbocycles. The lowest BCUT2D eigenvalue weighted by molar-refractivity contribution is 0.452. The van der Waals surface area contributed by atoms with Gasteiger partial charge in [0.05, 0.1) is 0 Å². The van der Waals surface area contributed by atoms with Crippen LogP contribution in [0.5, 0.6) is 5.75 Å². The summed E-state index contributed by atoms with van der Waals surface area (Å²) in [5, 5.41) is 2.94. The van der Waals surface area contributed by atoms with E-state index in [9.17, 15) is 0 Å². The predicted octanol–water partition coefficient (Wildman–Crippen LogP) is 3.25. The van der Waals surface area contributed by atoms with Crippen molar-refractivity contribution in [2.75, 3.05) is 0 Å². The van der Waals surface area contributed by atoms with Gasteiger partial charge < -0.3 is 4.74 Å². The van der Waals surface area contributed by atoms with E-state index in [4.69, 9.17) is 4.74 Å². The van der Waals surface area contributed by atoms with Crippen molar-refractivity contribution in [3.63, 3.8) is 0 Å². The molecule has 0 saturated heterocycles. The molecule has 0 aliphatic carbocycles. The summed E-state index contributed by atoms with van der Waals surface area (Å²) in [7, 11) is 0. The topological polar surface area (TPSA) is 21.6 Å². The maximum absolute atomic E-state index is 5.69. The number of aliphatic imine (C=N–C) groups is 1. The Balaban J connectivity index is 2.15. The molecule has 0 bridgehead atoms. The van der Waals surface area contributed by atoms with Crippen LogP contribution in [0.3, 0.4) is 0 Å². The van der Waals surface area contributed by atoms with Gasteiger partial charge in [0.1, 0.15) is 10.7 Å². The number of fused-ring (bicyclic) bond motifs is 2. The first-order valence-corrected chi connectivity index (χ1v) is 5.21. The van der Waals surface area contributed by atoms with Crippen molar-refractivity contribution >= 4 is 22.5 Å². The van der Waals surface area contributed by atoms with Crippen molar-refractivity contribution in [1.29, 1.82) is 0 Å². The van der Waals surface area contributed by atoms with Crippen LogP contribution in [0.1, 0.15) is 0 Å². The largest absolute Gasteiger partial charge is 0.452 e. The van der Waals surface area contributed by atoms with Crippen molar-refractivity contribution in [3.8, 4) is 5.75 Å². The number of hydrogen-bond donors (Lipinski definition) is 0. The minimum atomic E-state index is 0.832. The molecule has 0 spiro atoms. The number of ether oxygens (including phenoxy) is 1. The summed E-state index contributed by atoms with van der Waals surface area (Å²) in [4.78, 5) is 4.50. The van der Waals surface area contributed by atoms with E-state index in [2.05, 4.69) is 4.99 Å². The molecule has 1 aromatic carbocycles. The average Bonchev–Trinajstić information content (AvgIpc) is 2.26. The lowest BCUT2D eigenvalue weighted by Gasteiger charge is -2.19. The zero-order chi connectivity index (χ0) is 9.38. The number of benzene rings is 1.